The monoisotopic (exact) mass is 262 g/mol. The number of aromatic nitrogens is 1. The van der Waals surface area contributed by atoms with E-state index in [9.17, 15) is 9.90 Å². The van der Waals surface area contributed by atoms with E-state index in [4.69, 9.17) is 0 Å². The Morgan fingerprint density at radius 1 is 1.39 bits per heavy atom. The van der Waals surface area contributed by atoms with E-state index in [2.05, 4.69) is 24.1 Å². The van der Waals surface area contributed by atoms with Gasteiger partial charge < -0.3 is 5.11 Å². The third-order valence-electron chi connectivity index (χ3n) is 2.46. The molecular formula is C13H14N2O2S. The highest BCUT2D eigenvalue weighted by Gasteiger charge is 2.13. The van der Waals surface area contributed by atoms with Gasteiger partial charge in [0, 0.05) is 11.1 Å². The number of carbonyl (C=O) groups is 1. The summed E-state index contributed by atoms with van der Waals surface area (Å²) in [7, 11) is 0. The summed E-state index contributed by atoms with van der Waals surface area (Å²) in [5.41, 5.74) is 0.249. The van der Waals surface area contributed by atoms with Crippen molar-refractivity contribution < 1.29 is 9.90 Å². The van der Waals surface area contributed by atoms with Crippen LogP contribution in [0.25, 0.3) is 0 Å². The fourth-order valence-electron chi connectivity index (χ4n) is 1.44. The van der Waals surface area contributed by atoms with E-state index >= 15 is 0 Å². The summed E-state index contributed by atoms with van der Waals surface area (Å²) in [5.74, 6) is 0.00618. The van der Waals surface area contributed by atoms with Crippen LogP contribution < -0.4 is 5.32 Å². The van der Waals surface area contributed by atoms with Gasteiger partial charge >= 0.3 is 0 Å². The van der Waals surface area contributed by atoms with E-state index < -0.39 is 0 Å². The van der Waals surface area contributed by atoms with E-state index in [1.54, 1.807) is 24.4 Å². The topological polar surface area (TPSA) is 62.2 Å². The molecule has 2 aromatic rings. The van der Waals surface area contributed by atoms with Crippen molar-refractivity contribution in [1.29, 1.82) is 0 Å². The normalized spacial score (nSPS) is 10.6. The summed E-state index contributed by atoms with van der Waals surface area (Å²) < 4.78 is 0. The van der Waals surface area contributed by atoms with Crippen molar-refractivity contribution in [1.82, 2.24) is 4.98 Å². The minimum atomic E-state index is -0.349. The number of para-hydroxylation sites is 1. The Hall–Kier alpha value is -1.88. The van der Waals surface area contributed by atoms with Crippen LogP contribution in [0.15, 0.2) is 30.5 Å². The lowest BCUT2D eigenvalue weighted by Gasteiger charge is -2.03. The summed E-state index contributed by atoms with van der Waals surface area (Å²) in [6.07, 6.45) is 1.76. The first kappa shape index (κ1) is 12.6. The molecule has 0 saturated heterocycles. The molecule has 0 fully saturated rings. The van der Waals surface area contributed by atoms with Crippen LogP contribution in [0.4, 0.5) is 5.13 Å². The smallest absolute Gasteiger partial charge is 0.261 e. The highest BCUT2D eigenvalue weighted by molar-refractivity contribution is 7.15. The van der Waals surface area contributed by atoms with Crippen molar-refractivity contribution in [3.8, 4) is 5.75 Å². The molecular weight excluding hydrogens is 248 g/mol. The minimum absolute atomic E-state index is 0.0318. The van der Waals surface area contributed by atoms with Crippen LogP contribution in [0.5, 0.6) is 5.75 Å². The van der Waals surface area contributed by atoms with Crippen molar-refractivity contribution in [2.45, 2.75) is 19.8 Å². The van der Waals surface area contributed by atoms with Gasteiger partial charge in [-0.2, -0.15) is 0 Å². The van der Waals surface area contributed by atoms with Gasteiger partial charge in [-0.25, -0.2) is 4.98 Å². The molecule has 5 heteroatoms. The molecule has 0 bridgehead atoms. The first-order valence-electron chi connectivity index (χ1n) is 5.63. The van der Waals surface area contributed by atoms with Crippen LogP contribution in [0, 0.1) is 0 Å². The number of hydrogen-bond donors (Lipinski definition) is 2. The summed E-state index contributed by atoms with van der Waals surface area (Å²) in [4.78, 5) is 17.2. The summed E-state index contributed by atoms with van der Waals surface area (Å²) in [6.45, 7) is 4.14. The molecule has 2 rings (SSSR count). The van der Waals surface area contributed by atoms with E-state index in [1.807, 2.05) is 0 Å². The van der Waals surface area contributed by atoms with Crippen molar-refractivity contribution >= 4 is 22.4 Å². The quantitative estimate of drug-likeness (QED) is 0.892. The number of thiazole rings is 1. The molecule has 1 aromatic carbocycles. The average Bonchev–Trinajstić information content (AvgIpc) is 2.78. The second-order valence-electron chi connectivity index (χ2n) is 4.19. The molecule has 0 unspecified atom stereocenters. The number of phenolic OH excluding ortho intramolecular Hbond substituents is 1. The highest BCUT2D eigenvalue weighted by atomic mass is 32.1. The Labute approximate surface area is 109 Å². The molecule has 0 atom stereocenters. The van der Waals surface area contributed by atoms with Crippen LogP contribution in [0.2, 0.25) is 0 Å². The lowest BCUT2D eigenvalue weighted by molar-refractivity contribution is 0.102. The number of amides is 1. The zero-order chi connectivity index (χ0) is 13.1. The van der Waals surface area contributed by atoms with Crippen molar-refractivity contribution in [3.05, 3.63) is 40.9 Å². The molecule has 1 amide bonds. The maximum absolute atomic E-state index is 11.9. The second kappa shape index (κ2) is 5.18. The van der Waals surface area contributed by atoms with E-state index in [0.29, 0.717) is 11.0 Å². The highest BCUT2D eigenvalue weighted by Crippen LogP contribution is 2.26. The van der Waals surface area contributed by atoms with Crippen LogP contribution in [0.1, 0.15) is 35.0 Å². The number of anilines is 1. The van der Waals surface area contributed by atoms with Crippen molar-refractivity contribution in [3.63, 3.8) is 0 Å². The molecule has 0 radical (unpaired) electrons. The van der Waals surface area contributed by atoms with Gasteiger partial charge in [-0.15, -0.1) is 11.3 Å². The van der Waals surface area contributed by atoms with E-state index in [0.717, 1.165) is 4.88 Å². The summed E-state index contributed by atoms with van der Waals surface area (Å²) in [5, 5.41) is 12.8. The zero-order valence-electron chi connectivity index (χ0n) is 10.2. The number of hydrogen-bond acceptors (Lipinski definition) is 4. The molecule has 4 nitrogen and oxygen atoms in total. The molecule has 0 saturated carbocycles. The van der Waals surface area contributed by atoms with Gasteiger partial charge in [0.25, 0.3) is 5.91 Å². The number of phenols is 1. The lowest BCUT2D eigenvalue weighted by atomic mass is 10.2. The van der Waals surface area contributed by atoms with Crippen LogP contribution >= 0.6 is 11.3 Å². The molecule has 0 aliphatic carbocycles. The zero-order valence-corrected chi connectivity index (χ0v) is 11.0. The first-order chi connectivity index (χ1) is 8.58. The minimum Gasteiger partial charge on any atom is -0.507 e. The Kier molecular flexibility index (Phi) is 3.62. The van der Waals surface area contributed by atoms with Gasteiger partial charge in [-0.3, -0.25) is 10.1 Å². The molecule has 0 aliphatic rings. The van der Waals surface area contributed by atoms with Crippen molar-refractivity contribution in [2.24, 2.45) is 0 Å². The third kappa shape index (κ3) is 2.68. The Morgan fingerprint density at radius 3 is 2.72 bits per heavy atom. The van der Waals surface area contributed by atoms with Gasteiger partial charge in [0.2, 0.25) is 0 Å². The number of aromatic hydroxyl groups is 1. The summed E-state index contributed by atoms with van der Waals surface area (Å²) in [6, 6.07) is 6.43. The largest absolute Gasteiger partial charge is 0.507 e. The average molecular weight is 262 g/mol. The number of nitrogens with one attached hydrogen (secondary N) is 1. The van der Waals surface area contributed by atoms with E-state index in [1.165, 1.54) is 17.4 Å². The third-order valence-corrected chi connectivity index (χ3v) is 3.68. The second-order valence-corrected chi connectivity index (χ2v) is 5.26. The molecule has 0 aliphatic heterocycles. The van der Waals surface area contributed by atoms with E-state index in [-0.39, 0.29) is 17.2 Å². The Morgan fingerprint density at radius 2 is 2.11 bits per heavy atom. The number of rotatable bonds is 3. The van der Waals surface area contributed by atoms with Gasteiger partial charge in [0.15, 0.2) is 5.13 Å². The molecule has 18 heavy (non-hydrogen) atoms. The Bertz CT molecular complexity index is 564. The maximum atomic E-state index is 11.9. The van der Waals surface area contributed by atoms with Crippen LogP contribution in [-0.4, -0.2) is 16.0 Å². The van der Waals surface area contributed by atoms with Gasteiger partial charge in [-0.1, -0.05) is 26.0 Å². The van der Waals surface area contributed by atoms with Crippen LogP contribution in [0.3, 0.4) is 0 Å². The SMILES string of the molecule is CC(C)c1cnc(NC(=O)c2ccccc2O)s1. The van der Waals surface area contributed by atoms with Gasteiger partial charge in [0.1, 0.15) is 5.75 Å². The lowest BCUT2D eigenvalue weighted by Crippen LogP contribution is -2.11. The fourth-order valence-corrected chi connectivity index (χ4v) is 2.25. The van der Waals surface area contributed by atoms with Crippen LogP contribution in [-0.2, 0) is 0 Å². The number of carbonyl (C=O) groups excluding carboxylic acids is 1. The Balaban J connectivity index is 2.14. The van der Waals surface area contributed by atoms with Gasteiger partial charge in [-0.05, 0) is 18.1 Å². The molecule has 0 spiro atoms. The molecule has 94 valence electrons. The van der Waals surface area contributed by atoms with Gasteiger partial charge in [0.05, 0.1) is 5.56 Å². The van der Waals surface area contributed by atoms with Crippen molar-refractivity contribution in [2.75, 3.05) is 5.32 Å². The first-order valence-corrected chi connectivity index (χ1v) is 6.44. The predicted octanol–water partition coefficient (Wildman–Crippen LogP) is 3.22. The number of nitrogens with zero attached hydrogens (tertiary/aromatic N) is 1. The summed E-state index contributed by atoms with van der Waals surface area (Å²) >= 11 is 1.45. The number of benzene rings is 1. The predicted molar refractivity (Wildman–Crippen MR) is 72.3 cm³/mol. The molecule has 2 N–H and O–H groups in total. The maximum Gasteiger partial charge on any atom is 0.261 e. The standard InChI is InChI=1S/C13H14N2O2S/c1-8(2)11-7-14-13(18-11)15-12(17)9-5-3-4-6-10(9)16/h3-8,16H,1-2H3,(H,14,15,17). The molecule has 1 heterocycles. The fraction of sp³-hybridized carbons (Fsp3) is 0.231. The molecule has 1 aromatic heterocycles.